The Morgan fingerprint density at radius 3 is 2.75 bits per heavy atom. The van der Waals surface area contributed by atoms with E-state index in [0.29, 0.717) is 24.7 Å². The number of hydrogen-bond acceptors (Lipinski definition) is 4. The summed E-state index contributed by atoms with van der Waals surface area (Å²) in [5, 5.41) is 12.0. The number of oxazole rings is 1. The molecule has 2 N–H and O–H groups in total. The number of aliphatic hydroxyl groups excluding tert-OH is 1. The van der Waals surface area contributed by atoms with E-state index < -0.39 is 0 Å². The Labute approximate surface area is 142 Å². The first-order valence-electron chi connectivity index (χ1n) is 8.25. The number of aromatic nitrogens is 1. The van der Waals surface area contributed by atoms with Gasteiger partial charge in [0.15, 0.2) is 0 Å². The van der Waals surface area contributed by atoms with Gasteiger partial charge in [0.2, 0.25) is 5.89 Å². The molecule has 1 heterocycles. The Morgan fingerprint density at radius 1 is 1.33 bits per heavy atom. The number of carbonyl (C=O) groups is 1. The molecule has 0 saturated heterocycles. The third kappa shape index (κ3) is 4.58. The SMILES string of the molecule is CCCCN(CCO)C(=O)Nc1ccc(C)c(-c2nc(C)co2)c1. The predicted molar refractivity (Wildman–Crippen MR) is 94.0 cm³/mol. The van der Waals surface area contributed by atoms with Gasteiger partial charge in [-0.3, -0.25) is 0 Å². The fourth-order valence-corrected chi connectivity index (χ4v) is 2.39. The normalized spacial score (nSPS) is 10.7. The van der Waals surface area contributed by atoms with Gasteiger partial charge in [0.1, 0.15) is 6.26 Å². The number of amides is 2. The molecule has 0 atom stereocenters. The molecule has 130 valence electrons. The lowest BCUT2D eigenvalue weighted by atomic mass is 10.1. The van der Waals surface area contributed by atoms with Crippen LogP contribution in [-0.2, 0) is 0 Å². The van der Waals surface area contributed by atoms with Crippen LogP contribution in [0.3, 0.4) is 0 Å². The number of aryl methyl sites for hydroxylation is 2. The van der Waals surface area contributed by atoms with Gasteiger partial charge in [-0.2, -0.15) is 0 Å². The minimum Gasteiger partial charge on any atom is -0.444 e. The molecule has 2 aromatic rings. The van der Waals surface area contributed by atoms with Gasteiger partial charge in [0.25, 0.3) is 0 Å². The summed E-state index contributed by atoms with van der Waals surface area (Å²) in [5.74, 6) is 0.541. The maximum atomic E-state index is 12.4. The Bertz CT molecular complexity index is 682. The van der Waals surface area contributed by atoms with Crippen molar-refractivity contribution in [1.29, 1.82) is 0 Å². The molecule has 24 heavy (non-hydrogen) atoms. The summed E-state index contributed by atoms with van der Waals surface area (Å²) in [6.45, 7) is 6.81. The van der Waals surface area contributed by atoms with Gasteiger partial charge in [-0.25, -0.2) is 9.78 Å². The topological polar surface area (TPSA) is 78.6 Å². The van der Waals surface area contributed by atoms with E-state index in [4.69, 9.17) is 9.52 Å². The monoisotopic (exact) mass is 331 g/mol. The van der Waals surface area contributed by atoms with Crippen LogP contribution in [0.1, 0.15) is 31.0 Å². The van der Waals surface area contributed by atoms with Crippen molar-refractivity contribution in [2.24, 2.45) is 0 Å². The maximum absolute atomic E-state index is 12.4. The second kappa shape index (κ2) is 8.49. The van der Waals surface area contributed by atoms with Crippen LogP contribution in [0, 0.1) is 13.8 Å². The Hall–Kier alpha value is -2.34. The summed E-state index contributed by atoms with van der Waals surface area (Å²) in [5.41, 5.74) is 3.36. The average Bonchev–Trinajstić information content (AvgIpc) is 2.99. The van der Waals surface area contributed by atoms with E-state index in [2.05, 4.69) is 17.2 Å². The van der Waals surface area contributed by atoms with Crippen molar-refractivity contribution < 1.29 is 14.3 Å². The zero-order valence-corrected chi connectivity index (χ0v) is 14.5. The highest BCUT2D eigenvalue weighted by molar-refractivity contribution is 5.90. The van der Waals surface area contributed by atoms with Crippen LogP contribution in [0.4, 0.5) is 10.5 Å². The molecule has 1 aromatic carbocycles. The quantitative estimate of drug-likeness (QED) is 0.813. The third-order valence-electron chi connectivity index (χ3n) is 3.78. The molecule has 0 aliphatic heterocycles. The summed E-state index contributed by atoms with van der Waals surface area (Å²) in [7, 11) is 0. The van der Waals surface area contributed by atoms with Gasteiger partial charge in [-0.1, -0.05) is 19.4 Å². The number of nitrogens with zero attached hydrogens (tertiary/aromatic N) is 2. The number of anilines is 1. The number of nitrogens with one attached hydrogen (secondary N) is 1. The lowest BCUT2D eigenvalue weighted by molar-refractivity contribution is 0.187. The van der Waals surface area contributed by atoms with Crippen LogP contribution in [0.2, 0.25) is 0 Å². The van der Waals surface area contributed by atoms with Gasteiger partial charge in [0.05, 0.1) is 12.3 Å². The molecule has 6 nitrogen and oxygen atoms in total. The molecule has 0 radical (unpaired) electrons. The highest BCUT2D eigenvalue weighted by Crippen LogP contribution is 2.26. The lowest BCUT2D eigenvalue weighted by Crippen LogP contribution is -2.37. The van der Waals surface area contributed by atoms with Crippen molar-refractivity contribution >= 4 is 11.7 Å². The first-order chi connectivity index (χ1) is 11.5. The first-order valence-corrected chi connectivity index (χ1v) is 8.25. The largest absolute Gasteiger partial charge is 0.444 e. The molecular weight excluding hydrogens is 306 g/mol. The van der Waals surface area contributed by atoms with E-state index >= 15 is 0 Å². The molecule has 0 spiro atoms. The summed E-state index contributed by atoms with van der Waals surface area (Å²) in [6.07, 6.45) is 3.50. The third-order valence-corrected chi connectivity index (χ3v) is 3.78. The summed E-state index contributed by atoms with van der Waals surface area (Å²) >= 11 is 0. The van der Waals surface area contributed by atoms with E-state index in [0.717, 1.165) is 29.7 Å². The van der Waals surface area contributed by atoms with Crippen LogP contribution in [0.15, 0.2) is 28.9 Å². The Balaban J connectivity index is 2.15. The van der Waals surface area contributed by atoms with Crippen LogP contribution in [0.25, 0.3) is 11.5 Å². The highest BCUT2D eigenvalue weighted by atomic mass is 16.3. The molecule has 6 heteroatoms. The van der Waals surface area contributed by atoms with E-state index in [1.807, 2.05) is 32.0 Å². The minimum absolute atomic E-state index is 0.0497. The number of aliphatic hydroxyl groups is 1. The molecular formula is C18H25N3O3. The Kier molecular flexibility index (Phi) is 6.37. The van der Waals surface area contributed by atoms with Crippen LogP contribution >= 0.6 is 0 Å². The van der Waals surface area contributed by atoms with E-state index in [1.54, 1.807) is 11.2 Å². The predicted octanol–water partition coefficient (Wildman–Crippen LogP) is 3.58. The van der Waals surface area contributed by atoms with Crippen LogP contribution in [-0.4, -0.2) is 40.7 Å². The average molecular weight is 331 g/mol. The number of urea groups is 1. The summed E-state index contributed by atoms with van der Waals surface area (Å²) < 4.78 is 5.46. The fourth-order valence-electron chi connectivity index (χ4n) is 2.39. The minimum atomic E-state index is -0.212. The molecule has 2 rings (SSSR count). The number of rotatable bonds is 7. The standard InChI is InChI=1S/C18H25N3O3/c1-4-5-8-21(9-10-22)18(23)20-15-7-6-13(2)16(11-15)17-19-14(3)12-24-17/h6-7,11-12,22H,4-5,8-10H2,1-3H3,(H,20,23). The number of hydrogen-bond donors (Lipinski definition) is 2. The van der Waals surface area contributed by atoms with Gasteiger partial charge in [-0.05, 0) is 38.0 Å². The molecule has 0 saturated carbocycles. The van der Waals surface area contributed by atoms with Gasteiger partial charge in [-0.15, -0.1) is 0 Å². The number of benzene rings is 1. The molecule has 0 aliphatic rings. The molecule has 0 unspecified atom stereocenters. The second-order valence-corrected chi connectivity index (χ2v) is 5.82. The summed E-state index contributed by atoms with van der Waals surface area (Å²) in [6, 6.07) is 5.42. The van der Waals surface area contributed by atoms with Gasteiger partial charge in [0, 0.05) is 24.3 Å². The lowest BCUT2D eigenvalue weighted by Gasteiger charge is -2.22. The highest BCUT2D eigenvalue weighted by Gasteiger charge is 2.14. The first kappa shape index (κ1) is 18.0. The smallest absolute Gasteiger partial charge is 0.321 e. The Morgan fingerprint density at radius 2 is 2.12 bits per heavy atom. The van der Waals surface area contributed by atoms with Crippen LogP contribution < -0.4 is 5.32 Å². The van der Waals surface area contributed by atoms with Crippen molar-refractivity contribution in [3.05, 3.63) is 35.7 Å². The zero-order chi connectivity index (χ0) is 17.5. The van der Waals surface area contributed by atoms with Crippen molar-refractivity contribution in [2.75, 3.05) is 25.0 Å². The molecule has 2 amide bonds. The van der Waals surface area contributed by atoms with Crippen molar-refractivity contribution in [3.8, 4) is 11.5 Å². The van der Waals surface area contributed by atoms with Gasteiger partial charge < -0.3 is 19.7 Å². The van der Waals surface area contributed by atoms with Crippen LogP contribution in [0.5, 0.6) is 0 Å². The van der Waals surface area contributed by atoms with Crippen molar-refractivity contribution in [3.63, 3.8) is 0 Å². The van der Waals surface area contributed by atoms with E-state index in [9.17, 15) is 4.79 Å². The molecule has 0 bridgehead atoms. The number of carbonyl (C=O) groups excluding carboxylic acids is 1. The number of unbranched alkanes of at least 4 members (excludes halogenated alkanes) is 1. The second-order valence-electron chi connectivity index (χ2n) is 5.82. The molecule has 0 aliphatic carbocycles. The van der Waals surface area contributed by atoms with Gasteiger partial charge >= 0.3 is 6.03 Å². The van der Waals surface area contributed by atoms with E-state index in [-0.39, 0.29) is 12.6 Å². The fraction of sp³-hybridized carbons (Fsp3) is 0.444. The van der Waals surface area contributed by atoms with Crippen molar-refractivity contribution in [1.82, 2.24) is 9.88 Å². The molecule has 1 aromatic heterocycles. The maximum Gasteiger partial charge on any atom is 0.321 e. The summed E-state index contributed by atoms with van der Waals surface area (Å²) in [4.78, 5) is 18.4. The zero-order valence-electron chi connectivity index (χ0n) is 14.5. The van der Waals surface area contributed by atoms with Crippen molar-refractivity contribution in [2.45, 2.75) is 33.6 Å². The van der Waals surface area contributed by atoms with E-state index in [1.165, 1.54) is 0 Å². The molecule has 0 fully saturated rings.